The number of rotatable bonds is 2. The van der Waals surface area contributed by atoms with Gasteiger partial charge in [-0.25, -0.2) is 4.79 Å². The lowest BCUT2D eigenvalue weighted by molar-refractivity contribution is -0.215. The second-order valence-electron chi connectivity index (χ2n) is 1.62. The molecule has 0 aromatic heterocycles. The molecule has 0 saturated heterocycles. The van der Waals surface area contributed by atoms with Crippen LogP contribution in [0.5, 0.6) is 0 Å². The van der Waals surface area contributed by atoms with Crippen molar-refractivity contribution in [2.24, 2.45) is 11.6 Å². The Morgan fingerprint density at radius 1 is 1.58 bits per heavy atom. The van der Waals surface area contributed by atoms with Gasteiger partial charge in [0.05, 0.1) is 0 Å². The summed E-state index contributed by atoms with van der Waals surface area (Å²) in [6, 6.07) is 0. The lowest BCUT2D eigenvalue weighted by Crippen LogP contribution is -2.57. The molecule has 0 aliphatic carbocycles. The smallest absolute Gasteiger partial charge is 0.370 e. The van der Waals surface area contributed by atoms with E-state index in [4.69, 9.17) is 15.6 Å². The van der Waals surface area contributed by atoms with Gasteiger partial charge in [-0.2, -0.15) is 5.90 Å². The quantitative estimate of drug-likeness (QED) is 0.0848. The van der Waals surface area contributed by atoms with Gasteiger partial charge in [0, 0.05) is 0 Å². The average molecular weight is 194 g/mol. The van der Waals surface area contributed by atoms with Crippen LogP contribution in [-0.4, -0.2) is 45.4 Å². The molecule has 0 amide bonds. The van der Waals surface area contributed by atoms with Gasteiger partial charge in [-0.15, -0.1) is 0 Å². The Balaban J connectivity index is 0. The molecule has 0 bridgehead atoms. The molecule has 0 heterocycles. The van der Waals surface area contributed by atoms with Crippen LogP contribution in [0.25, 0.3) is 0 Å². The molecule has 12 heavy (non-hydrogen) atoms. The fourth-order valence-electron chi connectivity index (χ4n) is 0.321. The Labute approximate surface area is 78.1 Å². The fraction of sp³-hybridized carbons (Fsp3) is 0.333. The first kappa shape index (κ1) is 13.7. The van der Waals surface area contributed by atoms with Crippen molar-refractivity contribution in [1.29, 1.82) is 5.41 Å². The minimum Gasteiger partial charge on any atom is -0.370 e. The third-order valence-electron chi connectivity index (χ3n) is 0.701. The number of carbonyl (C=O) groups is 1. The first-order valence-corrected chi connectivity index (χ1v) is 2.38. The molecule has 0 atom stereocenters. The van der Waals surface area contributed by atoms with Crippen molar-refractivity contribution in [2.45, 2.75) is 5.91 Å². The molecular formula is C3H11AlN4O4. The second-order valence-corrected chi connectivity index (χ2v) is 1.62. The monoisotopic (exact) mass is 194 g/mol. The highest BCUT2D eigenvalue weighted by Gasteiger charge is 2.35. The topological polar surface area (TPSA) is 155 Å². The highest BCUT2D eigenvalue weighted by molar-refractivity contribution is 5.84. The molecule has 9 heteroatoms. The van der Waals surface area contributed by atoms with Crippen molar-refractivity contribution in [3.05, 3.63) is 0 Å². The molecule has 70 valence electrons. The first-order valence-electron chi connectivity index (χ1n) is 2.38. The summed E-state index contributed by atoms with van der Waals surface area (Å²) in [5.41, 5.74) is 4.67. The van der Waals surface area contributed by atoms with Crippen LogP contribution in [0.2, 0.25) is 0 Å². The summed E-state index contributed by atoms with van der Waals surface area (Å²) in [4.78, 5) is 13.8. The van der Waals surface area contributed by atoms with E-state index in [2.05, 4.69) is 16.5 Å². The molecular weight excluding hydrogens is 183 g/mol. The first-order chi connectivity index (χ1) is 4.90. The van der Waals surface area contributed by atoms with Crippen molar-refractivity contribution < 1.29 is 19.8 Å². The molecule has 0 spiro atoms. The molecule has 8 N–H and O–H groups in total. The summed E-state index contributed by atoms with van der Waals surface area (Å²) in [6.45, 7) is 0. The molecule has 0 saturated carbocycles. The van der Waals surface area contributed by atoms with Crippen LogP contribution < -0.4 is 16.9 Å². The standard InChI is InChI=1S/C3H8N4O4.Al.3H/c4-2(5)7-3(9,10)1(8)11-6;;;;/h9-10H,6H2,(H4,4,5,7);;;;. The van der Waals surface area contributed by atoms with Crippen LogP contribution >= 0.6 is 0 Å². The van der Waals surface area contributed by atoms with Crippen molar-refractivity contribution in [3.63, 3.8) is 0 Å². The number of nitrogens with two attached hydrogens (primary N) is 2. The van der Waals surface area contributed by atoms with Gasteiger partial charge in [-0.3, -0.25) is 10.7 Å². The molecule has 0 unspecified atom stereocenters. The van der Waals surface area contributed by atoms with Crippen LogP contribution in [-0.2, 0) is 9.63 Å². The van der Waals surface area contributed by atoms with Crippen LogP contribution in [0, 0.1) is 5.41 Å². The molecule has 0 aliphatic rings. The Hall–Kier alpha value is -0.848. The lowest BCUT2D eigenvalue weighted by Gasteiger charge is -2.18. The van der Waals surface area contributed by atoms with E-state index in [1.54, 1.807) is 0 Å². The highest BCUT2D eigenvalue weighted by atomic mass is 27.0. The van der Waals surface area contributed by atoms with Crippen LogP contribution in [0.1, 0.15) is 0 Å². The zero-order valence-electron chi connectivity index (χ0n) is 5.37. The third kappa shape index (κ3) is 4.12. The zero-order valence-corrected chi connectivity index (χ0v) is 5.37. The molecule has 0 rings (SSSR count). The second kappa shape index (κ2) is 4.92. The Kier molecular flexibility index (Phi) is 5.62. The zero-order chi connectivity index (χ0) is 9.07. The van der Waals surface area contributed by atoms with E-state index < -0.39 is 17.8 Å². The molecule has 0 aromatic carbocycles. The SMILES string of the molecule is N=C(N)NC(O)(O)C(=O)ON.[AlH3]. The van der Waals surface area contributed by atoms with Crippen molar-refractivity contribution in [3.8, 4) is 0 Å². The molecule has 0 radical (unpaired) electrons. The van der Waals surface area contributed by atoms with E-state index in [1.807, 2.05) is 0 Å². The fourth-order valence-corrected chi connectivity index (χ4v) is 0.321. The van der Waals surface area contributed by atoms with Gasteiger partial charge in [0.25, 0.3) is 0 Å². The van der Waals surface area contributed by atoms with E-state index in [1.165, 1.54) is 5.32 Å². The highest BCUT2D eigenvalue weighted by Crippen LogP contribution is 1.93. The Morgan fingerprint density at radius 2 is 2.00 bits per heavy atom. The van der Waals surface area contributed by atoms with Gasteiger partial charge in [0.1, 0.15) is 0 Å². The summed E-state index contributed by atoms with van der Waals surface area (Å²) in [5.74, 6) is -1.11. The van der Waals surface area contributed by atoms with E-state index >= 15 is 0 Å². The maximum Gasteiger partial charge on any atom is 0.408 e. The van der Waals surface area contributed by atoms with Crippen LogP contribution in [0.15, 0.2) is 0 Å². The van der Waals surface area contributed by atoms with Crippen molar-refractivity contribution >= 4 is 29.3 Å². The van der Waals surface area contributed by atoms with Gasteiger partial charge >= 0.3 is 11.9 Å². The average Bonchev–Trinajstić information content (AvgIpc) is 1.83. The minimum absolute atomic E-state index is 0. The van der Waals surface area contributed by atoms with Crippen molar-refractivity contribution in [2.75, 3.05) is 0 Å². The summed E-state index contributed by atoms with van der Waals surface area (Å²) in [7, 11) is 0. The summed E-state index contributed by atoms with van der Waals surface area (Å²) in [6.07, 6.45) is 0. The normalized spacial score (nSPS) is 9.58. The summed E-state index contributed by atoms with van der Waals surface area (Å²) in [5, 5.41) is 25.2. The molecule has 8 nitrogen and oxygen atoms in total. The van der Waals surface area contributed by atoms with Crippen LogP contribution in [0.3, 0.4) is 0 Å². The van der Waals surface area contributed by atoms with E-state index in [9.17, 15) is 4.79 Å². The third-order valence-corrected chi connectivity index (χ3v) is 0.701. The van der Waals surface area contributed by atoms with Gasteiger partial charge in [-0.05, 0) is 0 Å². The Morgan fingerprint density at radius 3 is 2.25 bits per heavy atom. The predicted octanol–water partition coefficient (Wildman–Crippen LogP) is -4.66. The number of aliphatic hydroxyl groups is 2. The van der Waals surface area contributed by atoms with E-state index in [0.29, 0.717) is 0 Å². The maximum atomic E-state index is 10.3. The van der Waals surface area contributed by atoms with E-state index in [0.717, 1.165) is 0 Å². The van der Waals surface area contributed by atoms with Gasteiger partial charge in [0.2, 0.25) is 0 Å². The number of carbonyl (C=O) groups excluding carboxylic acids is 1. The predicted molar refractivity (Wildman–Crippen MR) is 42.4 cm³/mol. The Bertz CT molecular complexity index is 183. The number of guanidine groups is 1. The number of nitrogens with one attached hydrogen (secondary N) is 2. The molecule has 0 aliphatic heterocycles. The largest absolute Gasteiger partial charge is 0.408 e. The lowest BCUT2D eigenvalue weighted by atomic mass is 10.5. The van der Waals surface area contributed by atoms with Gasteiger partial charge in [0.15, 0.2) is 23.3 Å². The van der Waals surface area contributed by atoms with Crippen LogP contribution in [0.4, 0.5) is 0 Å². The summed E-state index contributed by atoms with van der Waals surface area (Å²) >= 11 is 0. The minimum atomic E-state index is -3.05. The van der Waals surface area contributed by atoms with Crippen molar-refractivity contribution in [1.82, 2.24) is 5.32 Å². The molecule has 0 aromatic rings. The summed E-state index contributed by atoms with van der Waals surface area (Å²) < 4.78 is 0. The van der Waals surface area contributed by atoms with Gasteiger partial charge < -0.3 is 20.8 Å². The maximum absolute atomic E-state index is 10.3. The number of hydrogen-bond donors (Lipinski definition) is 6. The molecule has 0 fully saturated rings. The van der Waals surface area contributed by atoms with E-state index in [-0.39, 0.29) is 17.4 Å². The number of hydrogen-bond acceptors (Lipinski definition) is 6. The van der Waals surface area contributed by atoms with Gasteiger partial charge in [-0.1, -0.05) is 0 Å².